The van der Waals surface area contributed by atoms with Crippen molar-refractivity contribution in [1.82, 2.24) is 15.2 Å². The van der Waals surface area contributed by atoms with Crippen LogP contribution in [-0.4, -0.2) is 26.8 Å². The number of nitro groups is 1. The second kappa shape index (κ2) is 8.98. The smallest absolute Gasteiger partial charge is 0.266 e. The lowest BCUT2D eigenvalue weighted by atomic mass is 10.1. The van der Waals surface area contributed by atoms with Crippen LogP contribution in [0.5, 0.6) is 0 Å². The third-order valence-electron chi connectivity index (χ3n) is 4.20. The number of nitriles is 1. The highest BCUT2D eigenvalue weighted by Crippen LogP contribution is 2.14. The highest BCUT2D eigenvalue weighted by molar-refractivity contribution is 6.30. The Morgan fingerprint density at radius 2 is 2.03 bits per heavy atom. The van der Waals surface area contributed by atoms with E-state index in [0.717, 1.165) is 4.68 Å². The molecule has 10 nitrogen and oxygen atoms in total. The summed E-state index contributed by atoms with van der Waals surface area (Å²) in [6.45, 7) is 1.43. The van der Waals surface area contributed by atoms with Crippen LogP contribution in [0.4, 0.5) is 5.69 Å². The minimum Gasteiger partial charge on any atom is -0.266 e. The molecule has 11 heteroatoms. The standard InChI is InChI=1S/C20H13ClN6O4/c1-12-17(10-22)20(29)26(15-7-5-14(21)6-8-15)25-18(12)19(28)24-23-11-13-3-2-4-16(9-13)27(30)31/h2-9,11H,1H3,(H,24,28)/b23-11+. The summed E-state index contributed by atoms with van der Waals surface area (Å²) in [4.78, 5) is 35.5. The molecule has 0 saturated heterocycles. The number of carbonyl (C=O) groups excluding carboxylic acids is 1. The zero-order valence-corrected chi connectivity index (χ0v) is 16.7. The van der Waals surface area contributed by atoms with Crippen molar-refractivity contribution >= 4 is 29.4 Å². The second-order valence-corrected chi connectivity index (χ2v) is 6.64. The average molecular weight is 437 g/mol. The third-order valence-corrected chi connectivity index (χ3v) is 4.45. The maximum absolute atomic E-state index is 12.6. The summed E-state index contributed by atoms with van der Waals surface area (Å²) in [7, 11) is 0. The highest BCUT2D eigenvalue weighted by atomic mass is 35.5. The maximum Gasteiger partial charge on any atom is 0.292 e. The summed E-state index contributed by atoms with van der Waals surface area (Å²) in [6, 6.07) is 13.6. The van der Waals surface area contributed by atoms with Gasteiger partial charge in [-0.1, -0.05) is 23.7 Å². The molecule has 0 spiro atoms. The van der Waals surface area contributed by atoms with E-state index in [1.165, 1.54) is 43.5 Å². The van der Waals surface area contributed by atoms with Crippen LogP contribution in [0.25, 0.3) is 5.69 Å². The Hall–Kier alpha value is -4.36. The quantitative estimate of drug-likeness (QED) is 0.370. The minimum atomic E-state index is -0.765. The molecule has 0 unspecified atom stereocenters. The number of rotatable bonds is 5. The van der Waals surface area contributed by atoms with E-state index in [4.69, 9.17) is 11.6 Å². The van der Waals surface area contributed by atoms with Crippen molar-refractivity contribution in [3.05, 3.63) is 96.4 Å². The zero-order chi connectivity index (χ0) is 22.5. The van der Waals surface area contributed by atoms with Crippen molar-refractivity contribution in [2.45, 2.75) is 6.92 Å². The lowest BCUT2D eigenvalue weighted by Gasteiger charge is -2.10. The lowest BCUT2D eigenvalue weighted by molar-refractivity contribution is -0.384. The number of amides is 1. The predicted octanol–water partition coefficient (Wildman–Crippen LogP) is 2.74. The fourth-order valence-corrected chi connectivity index (χ4v) is 2.77. The Balaban J connectivity index is 1.93. The molecule has 0 aliphatic rings. The molecule has 31 heavy (non-hydrogen) atoms. The Morgan fingerprint density at radius 1 is 1.32 bits per heavy atom. The Kier molecular flexibility index (Phi) is 6.18. The monoisotopic (exact) mass is 436 g/mol. The van der Waals surface area contributed by atoms with Gasteiger partial charge in [0.25, 0.3) is 17.2 Å². The van der Waals surface area contributed by atoms with Crippen molar-refractivity contribution in [3.8, 4) is 11.8 Å². The van der Waals surface area contributed by atoms with Gasteiger partial charge < -0.3 is 0 Å². The van der Waals surface area contributed by atoms with Crippen molar-refractivity contribution in [2.75, 3.05) is 0 Å². The first kappa shape index (κ1) is 21.4. The molecule has 2 aromatic carbocycles. The van der Waals surface area contributed by atoms with E-state index in [-0.39, 0.29) is 22.5 Å². The van der Waals surface area contributed by atoms with Crippen molar-refractivity contribution < 1.29 is 9.72 Å². The fraction of sp³-hybridized carbons (Fsp3) is 0.0500. The number of halogens is 1. The Bertz CT molecular complexity index is 1310. The van der Waals surface area contributed by atoms with Gasteiger partial charge in [-0.25, -0.2) is 5.43 Å². The molecule has 1 aromatic heterocycles. The molecular formula is C20H13ClN6O4. The van der Waals surface area contributed by atoms with E-state index in [0.29, 0.717) is 16.3 Å². The second-order valence-electron chi connectivity index (χ2n) is 6.21. The van der Waals surface area contributed by atoms with E-state index in [2.05, 4.69) is 15.6 Å². The number of nitrogens with one attached hydrogen (secondary N) is 1. The van der Waals surface area contributed by atoms with E-state index in [1.807, 2.05) is 0 Å². The number of benzene rings is 2. The highest BCUT2D eigenvalue weighted by Gasteiger charge is 2.20. The van der Waals surface area contributed by atoms with Crippen LogP contribution in [0.3, 0.4) is 0 Å². The number of carbonyl (C=O) groups is 1. The number of hydrazone groups is 1. The summed E-state index contributed by atoms with van der Waals surface area (Å²) in [6.07, 6.45) is 1.22. The van der Waals surface area contributed by atoms with Gasteiger partial charge in [0.2, 0.25) is 0 Å². The Labute approximate surface area is 180 Å². The molecule has 0 aliphatic carbocycles. The van der Waals surface area contributed by atoms with Crippen LogP contribution in [0.1, 0.15) is 27.2 Å². The molecule has 154 valence electrons. The zero-order valence-electron chi connectivity index (χ0n) is 15.9. The number of nitrogens with zero attached hydrogens (tertiary/aromatic N) is 5. The number of aromatic nitrogens is 2. The summed E-state index contributed by atoms with van der Waals surface area (Å²) in [5.74, 6) is -0.765. The maximum atomic E-state index is 12.6. The van der Waals surface area contributed by atoms with Gasteiger partial charge in [0.05, 0.1) is 16.8 Å². The lowest BCUT2D eigenvalue weighted by Crippen LogP contribution is -2.31. The van der Waals surface area contributed by atoms with Gasteiger partial charge >= 0.3 is 0 Å². The van der Waals surface area contributed by atoms with Crippen molar-refractivity contribution in [1.29, 1.82) is 5.26 Å². The molecule has 3 rings (SSSR count). The summed E-state index contributed by atoms with van der Waals surface area (Å²) in [5.41, 5.74) is 1.84. The average Bonchev–Trinajstić information content (AvgIpc) is 2.75. The molecule has 1 heterocycles. The number of hydrogen-bond acceptors (Lipinski definition) is 7. The van der Waals surface area contributed by atoms with Crippen LogP contribution < -0.4 is 11.0 Å². The van der Waals surface area contributed by atoms with Gasteiger partial charge in [-0.3, -0.25) is 19.7 Å². The number of nitro benzene ring substituents is 1. The van der Waals surface area contributed by atoms with E-state index in [1.54, 1.807) is 24.3 Å². The summed E-state index contributed by atoms with van der Waals surface area (Å²) in [5, 5.41) is 28.5. The first-order chi connectivity index (χ1) is 14.8. The van der Waals surface area contributed by atoms with Crippen molar-refractivity contribution in [3.63, 3.8) is 0 Å². The summed E-state index contributed by atoms with van der Waals surface area (Å²) < 4.78 is 0.932. The van der Waals surface area contributed by atoms with Gasteiger partial charge in [0, 0.05) is 28.3 Å². The van der Waals surface area contributed by atoms with Gasteiger partial charge in [-0.15, -0.1) is 0 Å². The molecule has 0 bridgehead atoms. The van der Waals surface area contributed by atoms with E-state index in [9.17, 15) is 25.0 Å². The third kappa shape index (κ3) is 4.63. The van der Waals surface area contributed by atoms with Crippen LogP contribution in [0.2, 0.25) is 5.02 Å². The van der Waals surface area contributed by atoms with Gasteiger partial charge in [0.15, 0.2) is 5.69 Å². The van der Waals surface area contributed by atoms with E-state index >= 15 is 0 Å². The van der Waals surface area contributed by atoms with Crippen LogP contribution in [0.15, 0.2) is 58.4 Å². The molecule has 0 saturated carbocycles. The molecule has 1 amide bonds. The molecule has 3 aromatic rings. The number of non-ortho nitro benzene ring substituents is 1. The first-order valence-electron chi connectivity index (χ1n) is 8.69. The van der Waals surface area contributed by atoms with Crippen molar-refractivity contribution in [2.24, 2.45) is 5.10 Å². The predicted molar refractivity (Wildman–Crippen MR) is 112 cm³/mol. The molecular weight excluding hydrogens is 424 g/mol. The molecule has 0 atom stereocenters. The SMILES string of the molecule is Cc1c(C(=O)N/N=C/c2cccc([N+](=O)[O-])c2)nn(-c2ccc(Cl)cc2)c(=O)c1C#N. The van der Waals surface area contributed by atoms with Crippen LogP contribution in [-0.2, 0) is 0 Å². The van der Waals surface area contributed by atoms with Crippen LogP contribution >= 0.6 is 11.6 Å². The largest absolute Gasteiger partial charge is 0.292 e. The molecule has 0 aliphatic heterocycles. The fourth-order valence-electron chi connectivity index (χ4n) is 2.65. The van der Waals surface area contributed by atoms with Gasteiger partial charge in [-0.05, 0) is 31.2 Å². The molecule has 0 radical (unpaired) electrons. The molecule has 0 fully saturated rings. The minimum absolute atomic E-state index is 0.0979. The van der Waals surface area contributed by atoms with Gasteiger partial charge in [0.1, 0.15) is 11.6 Å². The van der Waals surface area contributed by atoms with Gasteiger partial charge in [-0.2, -0.15) is 20.1 Å². The Morgan fingerprint density at radius 3 is 2.68 bits per heavy atom. The summed E-state index contributed by atoms with van der Waals surface area (Å²) >= 11 is 5.86. The first-order valence-corrected chi connectivity index (χ1v) is 9.07. The van der Waals surface area contributed by atoms with E-state index < -0.39 is 16.4 Å². The number of hydrogen-bond donors (Lipinski definition) is 1. The normalized spacial score (nSPS) is 10.6. The van der Waals surface area contributed by atoms with Crippen LogP contribution in [0, 0.1) is 28.4 Å². The molecule has 1 N–H and O–H groups in total. The topological polar surface area (TPSA) is 143 Å².